The molecule has 22 heavy (non-hydrogen) atoms. The number of nitrogens with one attached hydrogen (secondary N) is 1. The first-order valence-corrected chi connectivity index (χ1v) is 7.37. The van der Waals surface area contributed by atoms with Crippen LogP contribution in [0.25, 0.3) is 0 Å². The van der Waals surface area contributed by atoms with Crippen LogP contribution in [-0.2, 0) is 20.8 Å². The molecule has 0 unspecified atom stereocenters. The van der Waals surface area contributed by atoms with Gasteiger partial charge in [0.1, 0.15) is 6.61 Å². The zero-order valence-corrected chi connectivity index (χ0v) is 13.0. The van der Waals surface area contributed by atoms with Crippen molar-refractivity contribution in [3.8, 4) is 0 Å². The van der Waals surface area contributed by atoms with Gasteiger partial charge >= 0.3 is 6.09 Å². The molecule has 0 aliphatic carbocycles. The molecule has 0 saturated carbocycles. The molecule has 1 aromatic rings. The highest BCUT2D eigenvalue weighted by Crippen LogP contribution is 2.26. The van der Waals surface area contributed by atoms with Crippen LogP contribution in [0.5, 0.6) is 0 Å². The molecule has 1 aliphatic heterocycles. The number of carbonyl (C=O) groups is 1. The average Bonchev–Trinajstić information content (AvgIpc) is 2.87. The molecule has 1 heterocycles. The number of rotatable bonds is 6. The van der Waals surface area contributed by atoms with Gasteiger partial charge < -0.3 is 24.6 Å². The van der Waals surface area contributed by atoms with E-state index in [4.69, 9.17) is 14.2 Å². The molecule has 2 N–H and O–H groups in total. The first kappa shape index (κ1) is 16.7. The Labute approximate surface area is 130 Å². The van der Waals surface area contributed by atoms with Gasteiger partial charge in [0.25, 0.3) is 0 Å². The van der Waals surface area contributed by atoms with E-state index in [0.717, 1.165) is 5.56 Å². The van der Waals surface area contributed by atoms with E-state index in [-0.39, 0.29) is 31.8 Å². The number of aliphatic hydroxyl groups is 1. The molecule has 2 atom stereocenters. The molecule has 1 aromatic carbocycles. The summed E-state index contributed by atoms with van der Waals surface area (Å²) in [5, 5.41) is 12.1. The molecule has 1 amide bonds. The molecule has 0 bridgehead atoms. The first-order chi connectivity index (χ1) is 10.5. The lowest BCUT2D eigenvalue weighted by Gasteiger charge is -2.22. The van der Waals surface area contributed by atoms with Crippen molar-refractivity contribution in [1.29, 1.82) is 0 Å². The molecule has 6 nitrogen and oxygen atoms in total. The third-order valence-electron chi connectivity index (χ3n) is 3.51. The second-order valence-corrected chi connectivity index (χ2v) is 5.75. The van der Waals surface area contributed by atoms with Crippen LogP contribution in [0.4, 0.5) is 4.79 Å². The van der Waals surface area contributed by atoms with Crippen molar-refractivity contribution in [3.63, 3.8) is 0 Å². The lowest BCUT2D eigenvalue weighted by Crippen LogP contribution is -2.39. The van der Waals surface area contributed by atoms with Gasteiger partial charge in [-0.1, -0.05) is 30.3 Å². The van der Waals surface area contributed by atoms with Gasteiger partial charge in [0, 0.05) is 12.5 Å². The van der Waals surface area contributed by atoms with Crippen molar-refractivity contribution < 1.29 is 24.1 Å². The second-order valence-electron chi connectivity index (χ2n) is 5.75. The van der Waals surface area contributed by atoms with Crippen LogP contribution < -0.4 is 5.32 Å². The summed E-state index contributed by atoms with van der Waals surface area (Å²) >= 11 is 0. The molecular formula is C16H23NO5. The van der Waals surface area contributed by atoms with Crippen LogP contribution in [0.2, 0.25) is 0 Å². The minimum absolute atomic E-state index is 0.0942. The Morgan fingerprint density at radius 1 is 1.45 bits per heavy atom. The van der Waals surface area contributed by atoms with E-state index in [1.807, 2.05) is 44.2 Å². The lowest BCUT2D eigenvalue weighted by atomic mass is 10.0. The number of aliphatic hydroxyl groups excluding tert-OH is 1. The predicted octanol–water partition coefficient (Wildman–Crippen LogP) is 1.67. The Bertz CT molecular complexity index is 477. The number of carbonyl (C=O) groups excluding carboxylic acids is 1. The van der Waals surface area contributed by atoms with Crippen LogP contribution in [0.3, 0.4) is 0 Å². The Balaban J connectivity index is 1.72. The van der Waals surface area contributed by atoms with Crippen LogP contribution >= 0.6 is 0 Å². The molecule has 0 aromatic heterocycles. The van der Waals surface area contributed by atoms with E-state index in [9.17, 15) is 9.90 Å². The molecule has 0 radical (unpaired) electrons. The van der Waals surface area contributed by atoms with Crippen LogP contribution in [0.15, 0.2) is 30.3 Å². The summed E-state index contributed by atoms with van der Waals surface area (Å²) in [7, 11) is 0. The van der Waals surface area contributed by atoms with Gasteiger partial charge in [-0.3, -0.25) is 0 Å². The molecule has 122 valence electrons. The molecular weight excluding hydrogens is 286 g/mol. The van der Waals surface area contributed by atoms with Gasteiger partial charge in [-0.25, -0.2) is 4.79 Å². The van der Waals surface area contributed by atoms with E-state index in [2.05, 4.69) is 5.32 Å². The molecule has 6 heteroatoms. The Morgan fingerprint density at radius 2 is 2.18 bits per heavy atom. The highest BCUT2D eigenvalue weighted by molar-refractivity contribution is 5.67. The normalized spacial score (nSPS) is 21.3. The Morgan fingerprint density at radius 3 is 2.77 bits per heavy atom. The van der Waals surface area contributed by atoms with Crippen molar-refractivity contribution in [2.24, 2.45) is 5.92 Å². The number of alkyl carbamates (subject to hydrolysis) is 1. The molecule has 1 saturated heterocycles. The SMILES string of the molecule is CC1(C)OC[C@@H]([C@@H](CO)CNC(=O)OCc2ccccc2)O1. The molecule has 2 rings (SSSR count). The van der Waals surface area contributed by atoms with Crippen molar-refractivity contribution in [3.05, 3.63) is 35.9 Å². The van der Waals surface area contributed by atoms with Gasteiger partial charge in [0.2, 0.25) is 0 Å². The van der Waals surface area contributed by atoms with Crippen molar-refractivity contribution in [2.45, 2.75) is 32.3 Å². The van der Waals surface area contributed by atoms with Gasteiger partial charge in [-0.05, 0) is 19.4 Å². The largest absolute Gasteiger partial charge is 0.445 e. The maximum absolute atomic E-state index is 11.7. The van der Waals surface area contributed by atoms with Gasteiger partial charge in [-0.2, -0.15) is 0 Å². The van der Waals surface area contributed by atoms with E-state index in [1.165, 1.54) is 0 Å². The van der Waals surface area contributed by atoms with Crippen LogP contribution in [0, 0.1) is 5.92 Å². The van der Waals surface area contributed by atoms with E-state index in [0.29, 0.717) is 6.61 Å². The maximum atomic E-state index is 11.7. The third kappa shape index (κ3) is 4.98. The lowest BCUT2D eigenvalue weighted by molar-refractivity contribution is -0.145. The fraction of sp³-hybridized carbons (Fsp3) is 0.562. The minimum atomic E-state index is -0.647. The average molecular weight is 309 g/mol. The maximum Gasteiger partial charge on any atom is 0.407 e. The number of ether oxygens (including phenoxy) is 3. The highest BCUT2D eigenvalue weighted by Gasteiger charge is 2.37. The summed E-state index contributed by atoms with van der Waals surface area (Å²) in [5.41, 5.74) is 0.922. The zero-order chi connectivity index (χ0) is 16.0. The third-order valence-corrected chi connectivity index (χ3v) is 3.51. The van der Waals surface area contributed by atoms with Crippen molar-refractivity contribution in [2.75, 3.05) is 19.8 Å². The summed E-state index contributed by atoms with van der Waals surface area (Å²) in [4.78, 5) is 11.7. The summed E-state index contributed by atoms with van der Waals surface area (Å²) in [5.74, 6) is -0.877. The summed E-state index contributed by atoms with van der Waals surface area (Å²) in [6, 6.07) is 9.45. The van der Waals surface area contributed by atoms with Crippen LogP contribution in [-0.4, -0.2) is 42.8 Å². The zero-order valence-electron chi connectivity index (χ0n) is 13.0. The summed E-state index contributed by atoms with van der Waals surface area (Å²) in [6.45, 7) is 4.44. The molecule has 0 spiro atoms. The van der Waals surface area contributed by atoms with Crippen molar-refractivity contribution in [1.82, 2.24) is 5.32 Å². The van der Waals surface area contributed by atoms with E-state index < -0.39 is 11.9 Å². The number of hydrogen-bond acceptors (Lipinski definition) is 5. The molecule has 1 aliphatic rings. The minimum Gasteiger partial charge on any atom is -0.445 e. The van der Waals surface area contributed by atoms with E-state index >= 15 is 0 Å². The highest BCUT2D eigenvalue weighted by atomic mass is 16.7. The van der Waals surface area contributed by atoms with E-state index in [1.54, 1.807) is 0 Å². The number of hydrogen-bond donors (Lipinski definition) is 2. The van der Waals surface area contributed by atoms with Crippen molar-refractivity contribution >= 4 is 6.09 Å². The topological polar surface area (TPSA) is 77.0 Å². The standard InChI is InChI=1S/C16H23NO5/c1-16(2)21-11-14(22-16)13(9-18)8-17-15(19)20-10-12-6-4-3-5-7-12/h3-7,13-14,18H,8-11H2,1-2H3,(H,17,19)/t13-,14+/m1/s1. The molecule has 1 fully saturated rings. The second kappa shape index (κ2) is 7.58. The quantitative estimate of drug-likeness (QED) is 0.836. The van der Waals surface area contributed by atoms with Gasteiger partial charge in [0.15, 0.2) is 5.79 Å². The Kier molecular flexibility index (Phi) is 5.76. The van der Waals surface area contributed by atoms with Gasteiger partial charge in [0.05, 0.1) is 19.3 Å². The smallest absolute Gasteiger partial charge is 0.407 e. The number of benzene rings is 1. The van der Waals surface area contributed by atoms with Gasteiger partial charge in [-0.15, -0.1) is 0 Å². The summed E-state index contributed by atoms with van der Waals surface area (Å²) in [6.07, 6.45) is -0.755. The monoisotopic (exact) mass is 309 g/mol. The fourth-order valence-electron chi connectivity index (χ4n) is 2.25. The first-order valence-electron chi connectivity index (χ1n) is 7.37. The fourth-order valence-corrected chi connectivity index (χ4v) is 2.25. The van der Waals surface area contributed by atoms with Crippen LogP contribution in [0.1, 0.15) is 19.4 Å². The predicted molar refractivity (Wildman–Crippen MR) is 80.1 cm³/mol. The number of amides is 1. The summed E-state index contributed by atoms with van der Waals surface area (Å²) < 4.78 is 16.3. The Hall–Kier alpha value is -1.63.